The van der Waals surface area contributed by atoms with Gasteiger partial charge in [0.15, 0.2) is 0 Å². The Morgan fingerprint density at radius 3 is 2.63 bits per heavy atom. The third-order valence-electron chi connectivity index (χ3n) is 4.38. The molecule has 2 rings (SSSR count). The van der Waals surface area contributed by atoms with Gasteiger partial charge in [-0.3, -0.25) is 4.79 Å². The Morgan fingerprint density at radius 2 is 1.97 bits per heavy atom. The van der Waals surface area contributed by atoms with Gasteiger partial charge in [-0.05, 0) is 47.9 Å². The Morgan fingerprint density at radius 1 is 1.20 bits per heavy atom. The van der Waals surface area contributed by atoms with E-state index in [0.717, 1.165) is 26.4 Å². The predicted molar refractivity (Wildman–Crippen MR) is 123 cm³/mol. The van der Waals surface area contributed by atoms with E-state index in [1.54, 1.807) is 23.9 Å². The van der Waals surface area contributed by atoms with Crippen molar-refractivity contribution in [3.05, 3.63) is 58.6 Å². The SMILES string of the molecule is COc1ccc(S(=O)(=O)N(C)C)cc1CCC(=O)NCCSCc1cccc(Cl)c1. The molecule has 0 unspecified atom stereocenters. The highest BCUT2D eigenvalue weighted by molar-refractivity contribution is 7.98. The molecule has 2 aromatic rings. The summed E-state index contributed by atoms with van der Waals surface area (Å²) in [6.07, 6.45) is 0.641. The standard InChI is InChI=1S/C21H27ClN2O4S2/c1-24(2)30(26,27)19-8-9-20(28-3)17(14-19)7-10-21(25)23-11-12-29-15-16-5-4-6-18(22)13-16/h4-6,8-9,13-14H,7,10-12,15H2,1-3H3,(H,23,25). The third kappa shape index (κ3) is 7.19. The van der Waals surface area contributed by atoms with Crippen molar-refractivity contribution in [2.75, 3.05) is 33.5 Å². The van der Waals surface area contributed by atoms with Gasteiger partial charge in [-0.15, -0.1) is 0 Å². The molecule has 0 fully saturated rings. The normalized spacial score (nSPS) is 11.5. The van der Waals surface area contributed by atoms with Crippen LogP contribution in [0.2, 0.25) is 5.02 Å². The molecule has 2 aromatic carbocycles. The number of sulfonamides is 1. The highest BCUT2D eigenvalue weighted by atomic mass is 35.5. The lowest BCUT2D eigenvalue weighted by molar-refractivity contribution is -0.120. The summed E-state index contributed by atoms with van der Waals surface area (Å²) in [6, 6.07) is 12.4. The van der Waals surface area contributed by atoms with Crippen molar-refractivity contribution in [1.29, 1.82) is 0 Å². The molecular formula is C21H27ClN2O4S2. The average Bonchev–Trinajstić information content (AvgIpc) is 2.71. The summed E-state index contributed by atoms with van der Waals surface area (Å²) in [5.41, 5.74) is 1.84. The van der Waals surface area contributed by atoms with E-state index >= 15 is 0 Å². The summed E-state index contributed by atoms with van der Waals surface area (Å²) >= 11 is 7.69. The van der Waals surface area contributed by atoms with Crippen LogP contribution < -0.4 is 10.1 Å². The fourth-order valence-corrected chi connectivity index (χ4v) is 4.71. The second-order valence-electron chi connectivity index (χ2n) is 6.79. The largest absolute Gasteiger partial charge is 0.496 e. The number of methoxy groups -OCH3 is 1. The second kappa shape index (κ2) is 11.6. The summed E-state index contributed by atoms with van der Waals surface area (Å²) in [4.78, 5) is 12.4. The molecular weight excluding hydrogens is 444 g/mol. The zero-order valence-electron chi connectivity index (χ0n) is 17.4. The van der Waals surface area contributed by atoms with E-state index in [0.29, 0.717) is 24.3 Å². The molecule has 0 atom stereocenters. The first-order valence-corrected chi connectivity index (χ1v) is 12.4. The summed E-state index contributed by atoms with van der Waals surface area (Å²) < 4.78 is 31.2. The zero-order valence-corrected chi connectivity index (χ0v) is 19.7. The van der Waals surface area contributed by atoms with Crippen LogP contribution in [0.3, 0.4) is 0 Å². The number of nitrogens with one attached hydrogen (secondary N) is 1. The average molecular weight is 471 g/mol. The lowest BCUT2D eigenvalue weighted by Crippen LogP contribution is -2.26. The number of benzene rings is 2. The van der Waals surface area contributed by atoms with Gasteiger partial charge >= 0.3 is 0 Å². The molecule has 1 N–H and O–H groups in total. The maximum absolute atomic E-state index is 12.3. The summed E-state index contributed by atoms with van der Waals surface area (Å²) in [5, 5.41) is 3.62. The second-order valence-corrected chi connectivity index (χ2v) is 10.5. The maximum Gasteiger partial charge on any atom is 0.242 e. The lowest BCUT2D eigenvalue weighted by Gasteiger charge is -2.14. The number of halogens is 1. The molecule has 6 nitrogen and oxygen atoms in total. The summed E-state index contributed by atoms with van der Waals surface area (Å²) in [7, 11) is 0.948. The molecule has 0 aliphatic carbocycles. The Bertz CT molecular complexity index is 965. The highest BCUT2D eigenvalue weighted by Gasteiger charge is 2.19. The van der Waals surface area contributed by atoms with Crippen molar-refractivity contribution in [2.24, 2.45) is 0 Å². The minimum Gasteiger partial charge on any atom is -0.496 e. The molecule has 1 amide bonds. The molecule has 9 heteroatoms. The van der Waals surface area contributed by atoms with Gasteiger partial charge in [-0.1, -0.05) is 23.7 Å². The number of carbonyl (C=O) groups excluding carboxylic acids is 1. The topological polar surface area (TPSA) is 75.7 Å². The molecule has 0 radical (unpaired) electrons. The van der Waals surface area contributed by atoms with Crippen LogP contribution in [0.4, 0.5) is 0 Å². The fourth-order valence-electron chi connectivity index (χ4n) is 2.74. The van der Waals surface area contributed by atoms with Gasteiger partial charge in [0.2, 0.25) is 15.9 Å². The van der Waals surface area contributed by atoms with Crippen molar-refractivity contribution < 1.29 is 17.9 Å². The number of thioether (sulfide) groups is 1. The van der Waals surface area contributed by atoms with Gasteiger partial charge in [-0.25, -0.2) is 12.7 Å². The Hall–Kier alpha value is -1.74. The smallest absolute Gasteiger partial charge is 0.242 e. The van der Waals surface area contributed by atoms with Crippen LogP contribution in [0.1, 0.15) is 17.5 Å². The highest BCUT2D eigenvalue weighted by Crippen LogP contribution is 2.25. The molecule has 164 valence electrons. The Labute approximate surface area is 188 Å². The molecule has 30 heavy (non-hydrogen) atoms. The molecule has 0 aliphatic heterocycles. The lowest BCUT2D eigenvalue weighted by atomic mass is 10.1. The zero-order chi connectivity index (χ0) is 22.1. The molecule has 0 aliphatic rings. The van der Waals surface area contributed by atoms with Crippen LogP contribution in [0.15, 0.2) is 47.4 Å². The van der Waals surface area contributed by atoms with Gasteiger partial charge in [0.25, 0.3) is 0 Å². The number of hydrogen-bond acceptors (Lipinski definition) is 5. The monoisotopic (exact) mass is 470 g/mol. The molecule has 0 aromatic heterocycles. The van der Waals surface area contributed by atoms with Crippen LogP contribution in [0.5, 0.6) is 5.75 Å². The van der Waals surface area contributed by atoms with Crippen molar-refractivity contribution in [3.8, 4) is 5.75 Å². The van der Waals surface area contributed by atoms with Crippen LogP contribution in [-0.4, -0.2) is 52.1 Å². The summed E-state index contributed by atoms with van der Waals surface area (Å²) in [6.45, 7) is 0.566. The first-order chi connectivity index (χ1) is 14.2. The van der Waals surface area contributed by atoms with Crippen molar-refractivity contribution in [3.63, 3.8) is 0 Å². The number of amides is 1. The van der Waals surface area contributed by atoms with Crippen LogP contribution in [-0.2, 0) is 27.0 Å². The number of nitrogens with zero attached hydrogens (tertiary/aromatic N) is 1. The Balaban J connectivity index is 1.82. The number of rotatable bonds is 11. The number of hydrogen-bond donors (Lipinski definition) is 1. The molecule has 0 saturated carbocycles. The van der Waals surface area contributed by atoms with E-state index in [2.05, 4.69) is 5.32 Å². The van der Waals surface area contributed by atoms with Gasteiger partial charge < -0.3 is 10.1 Å². The first-order valence-electron chi connectivity index (χ1n) is 9.42. The van der Waals surface area contributed by atoms with Crippen molar-refractivity contribution in [2.45, 2.75) is 23.5 Å². The Kier molecular flexibility index (Phi) is 9.48. The first kappa shape index (κ1) is 24.5. The minimum atomic E-state index is -3.54. The number of carbonyl (C=O) groups is 1. The van der Waals surface area contributed by atoms with Crippen LogP contribution in [0.25, 0.3) is 0 Å². The molecule has 0 bridgehead atoms. The van der Waals surface area contributed by atoms with Crippen LogP contribution in [0, 0.1) is 0 Å². The van der Waals surface area contributed by atoms with Crippen molar-refractivity contribution in [1.82, 2.24) is 9.62 Å². The van der Waals surface area contributed by atoms with E-state index in [1.165, 1.54) is 27.3 Å². The van der Waals surface area contributed by atoms with E-state index < -0.39 is 10.0 Å². The number of ether oxygens (including phenoxy) is 1. The van der Waals surface area contributed by atoms with Crippen LogP contribution >= 0.6 is 23.4 Å². The quantitative estimate of drug-likeness (QED) is 0.508. The molecule has 0 heterocycles. The van der Waals surface area contributed by atoms with Gasteiger partial charge in [0.1, 0.15) is 5.75 Å². The fraction of sp³-hybridized carbons (Fsp3) is 0.381. The van der Waals surface area contributed by atoms with Crippen molar-refractivity contribution >= 4 is 39.3 Å². The summed E-state index contributed by atoms with van der Waals surface area (Å²) in [5.74, 6) is 2.11. The number of aryl methyl sites for hydroxylation is 1. The van der Waals surface area contributed by atoms with E-state index in [-0.39, 0.29) is 17.2 Å². The molecule has 0 saturated heterocycles. The van der Waals surface area contributed by atoms with Gasteiger partial charge in [0, 0.05) is 43.6 Å². The van der Waals surface area contributed by atoms with Gasteiger partial charge in [0.05, 0.1) is 12.0 Å². The van der Waals surface area contributed by atoms with E-state index in [4.69, 9.17) is 16.3 Å². The third-order valence-corrected chi connectivity index (χ3v) is 7.45. The van der Waals surface area contributed by atoms with Gasteiger partial charge in [-0.2, -0.15) is 11.8 Å². The predicted octanol–water partition coefficient (Wildman–Crippen LogP) is 3.58. The molecule has 0 spiro atoms. The minimum absolute atomic E-state index is 0.0821. The van der Waals surface area contributed by atoms with E-state index in [1.807, 2.05) is 24.3 Å². The van der Waals surface area contributed by atoms with E-state index in [9.17, 15) is 13.2 Å². The maximum atomic E-state index is 12.3.